The Labute approximate surface area is 107 Å². The molecule has 1 N–H and O–H groups in total. The third-order valence-corrected chi connectivity index (χ3v) is 3.10. The molecule has 1 unspecified atom stereocenters. The number of carbonyl (C=O) groups is 1. The summed E-state index contributed by atoms with van der Waals surface area (Å²) < 4.78 is 0. The summed E-state index contributed by atoms with van der Waals surface area (Å²) in [6.07, 6.45) is 10.8. The van der Waals surface area contributed by atoms with Crippen LogP contribution in [-0.4, -0.2) is 28.5 Å². The van der Waals surface area contributed by atoms with Crippen LogP contribution in [0.3, 0.4) is 0 Å². The maximum Gasteiger partial charge on any atom is 0.318 e. The van der Waals surface area contributed by atoms with Crippen LogP contribution >= 0.6 is 0 Å². The lowest BCUT2D eigenvalue weighted by Crippen LogP contribution is -2.43. The van der Waals surface area contributed by atoms with Crippen molar-refractivity contribution in [2.24, 2.45) is 0 Å². The Morgan fingerprint density at radius 1 is 1.72 bits per heavy atom. The molecule has 1 aliphatic carbocycles. The second kappa shape index (κ2) is 5.54. The van der Waals surface area contributed by atoms with Gasteiger partial charge in [0.15, 0.2) is 0 Å². The van der Waals surface area contributed by atoms with Crippen molar-refractivity contribution >= 4 is 6.03 Å². The van der Waals surface area contributed by atoms with Crippen molar-refractivity contribution in [2.75, 3.05) is 6.54 Å². The van der Waals surface area contributed by atoms with Crippen molar-refractivity contribution in [1.82, 2.24) is 15.2 Å². The molecule has 4 heteroatoms. The predicted molar refractivity (Wildman–Crippen MR) is 69.7 cm³/mol. The summed E-state index contributed by atoms with van der Waals surface area (Å²) in [7, 11) is 0. The van der Waals surface area contributed by atoms with E-state index in [9.17, 15) is 4.79 Å². The Hall–Kier alpha value is -2.02. The van der Waals surface area contributed by atoms with Crippen LogP contribution < -0.4 is 5.32 Å². The topological polar surface area (TPSA) is 45.2 Å². The number of rotatable bonds is 4. The molecule has 0 saturated heterocycles. The van der Waals surface area contributed by atoms with Crippen LogP contribution in [0.15, 0.2) is 24.5 Å². The maximum absolute atomic E-state index is 12.1. The second-order valence-corrected chi connectivity index (χ2v) is 4.46. The highest BCUT2D eigenvalue weighted by molar-refractivity contribution is 5.75. The molecule has 0 aromatic carbocycles. The summed E-state index contributed by atoms with van der Waals surface area (Å²) >= 11 is 0. The molecule has 1 atom stereocenters. The normalized spacial score (nSPS) is 15.6. The van der Waals surface area contributed by atoms with Crippen LogP contribution in [0.4, 0.5) is 4.79 Å². The first-order chi connectivity index (χ1) is 8.74. The molecule has 0 spiro atoms. The number of terminal acetylenes is 1. The number of nitrogens with one attached hydrogen (secondary N) is 1. The fourth-order valence-electron chi connectivity index (χ4n) is 2.01. The summed E-state index contributed by atoms with van der Waals surface area (Å²) in [4.78, 5) is 18.1. The monoisotopic (exact) mass is 243 g/mol. The minimum atomic E-state index is -0.0909. The SMILES string of the molecule is C#CCNC(=O)N(C1CC1)C(C)c1cccnc1. The number of aromatic nitrogens is 1. The van der Waals surface area contributed by atoms with Crippen molar-refractivity contribution in [3.05, 3.63) is 30.1 Å². The zero-order valence-corrected chi connectivity index (χ0v) is 10.5. The lowest BCUT2D eigenvalue weighted by Gasteiger charge is -2.29. The Balaban J connectivity index is 2.10. The molecule has 0 aliphatic heterocycles. The van der Waals surface area contributed by atoms with Gasteiger partial charge in [-0.25, -0.2) is 4.79 Å². The summed E-state index contributed by atoms with van der Waals surface area (Å²) in [6, 6.07) is 4.13. The molecule has 0 radical (unpaired) electrons. The van der Waals surface area contributed by atoms with Gasteiger partial charge in [-0.05, 0) is 31.4 Å². The van der Waals surface area contributed by atoms with Crippen molar-refractivity contribution in [3.8, 4) is 12.3 Å². The van der Waals surface area contributed by atoms with Crippen LogP contribution in [0.2, 0.25) is 0 Å². The van der Waals surface area contributed by atoms with Gasteiger partial charge in [-0.2, -0.15) is 0 Å². The summed E-state index contributed by atoms with van der Waals surface area (Å²) in [6.45, 7) is 2.28. The van der Waals surface area contributed by atoms with Gasteiger partial charge < -0.3 is 10.2 Å². The first-order valence-electron chi connectivity index (χ1n) is 6.13. The molecule has 1 aliphatic rings. The number of amides is 2. The maximum atomic E-state index is 12.1. The van der Waals surface area contributed by atoms with E-state index >= 15 is 0 Å². The van der Waals surface area contributed by atoms with Crippen LogP contribution in [0.1, 0.15) is 31.4 Å². The fraction of sp³-hybridized carbons (Fsp3) is 0.429. The molecule has 94 valence electrons. The van der Waals surface area contributed by atoms with Crippen molar-refractivity contribution < 1.29 is 4.79 Å². The third-order valence-electron chi connectivity index (χ3n) is 3.10. The molecule has 1 aromatic rings. The summed E-state index contributed by atoms with van der Waals surface area (Å²) in [5.74, 6) is 2.42. The zero-order valence-electron chi connectivity index (χ0n) is 10.5. The van der Waals surface area contributed by atoms with Gasteiger partial charge in [-0.1, -0.05) is 12.0 Å². The van der Waals surface area contributed by atoms with E-state index in [2.05, 4.69) is 16.2 Å². The number of urea groups is 1. The molecule has 4 nitrogen and oxygen atoms in total. The Kier molecular flexibility index (Phi) is 3.83. The Bertz CT molecular complexity index is 448. The van der Waals surface area contributed by atoms with Gasteiger partial charge in [0.25, 0.3) is 0 Å². The van der Waals surface area contributed by atoms with Crippen molar-refractivity contribution in [2.45, 2.75) is 31.8 Å². The Morgan fingerprint density at radius 3 is 3.06 bits per heavy atom. The lowest BCUT2D eigenvalue weighted by molar-refractivity contribution is 0.176. The van der Waals surface area contributed by atoms with Crippen LogP contribution in [0.25, 0.3) is 0 Å². The van der Waals surface area contributed by atoms with E-state index in [4.69, 9.17) is 6.42 Å². The van der Waals surface area contributed by atoms with Gasteiger partial charge >= 0.3 is 6.03 Å². The quantitative estimate of drug-likeness (QED) is 0.821. The molecule has 1 aromatic heterocycles. The highest BCUT2D eigenvalue weighted by Crippen LogP contribution is 2.33. The molecular formula is C14H17N3O. The molecule has 2 rings (SSSR count). The molecule has 0 bridgehead atoms. The number of hydrogen-bond acceptors (Lipinski definition) is 2. The summed E-state index contributed by atoms with van der Waals surface area (Å²) in [5.41, 5.74) is 1.04. The molecule has 1 fully saturated rings. The van der Waals surface area contributed by atoms with Gasteiger partial charge in [0.1, 0.15) is 0 Å². The van der Waals surface area contributed by atoms with Crippen LogP contribution in [-0.2, 0) is 0 Å². The van der Waals surface area contributed by atoms with Gasteiger partial charge in [-0.3, -0.25) is 4.98 Å². The van der Waals surface area contributed by atoms with Gasteiger partial charge in [0.05, 0.1) is 12.6 Å². The number of carbonyl (C=O) groups excluding carboxylic acids is 1. The average molecular weight is 243 g/mol. The predicted octanol–water partition coefficient (Wildman–Crippen LogP) is 1.95. The standard InChI is InChI=1S/C14H17N3O/c1-3-8-16-14(18)17(13-6-7-13)11(2)12-5-4-9-15-10-12/h1,4-5,9-11,13H,6-8H2,2H3,(H,16,18). The zero-order chi connectivity index (χ0) is 13.0. The van der Waals surface area contributed by atoms with E-state index in [0.29, 0.717) is 6.04 Å². The minimum absolute atomic E-state index is 0.0176. The van der Waals surface area contributed by atoms with E-state index in [-0.39, 0.29) is 18.6 Å². The van der Waals surface area contributed by atoms with E-state index in [0.717, 1.165) is 18.4 Å². The van der Waals surface area contributed by atoms with Gasteiger partial charge in [0, 0.05) is 18.4 Å². The van der Waals surface area contributed by atoms with Gasteiger partial charge in [0.2, 0.25) is 0 Å². The highest BCUT2D eigenvalue weighted by atomic mass is 16.2. The van der Waals surface area contributed by atoms with E-state index < -0.39 is 0 Å². The number of pyridine rings is 1. The Morgan fingerprint density at radius 2 is 2.50 bits per heavy atom. The summed E-state index contributed by atoms with van der Waals surface area (Å²) in [5, 5.41) is 2.73. The number of nitrogens with zero attached hydrogens (tertiary/aromatic N) is 2. The molecule has 2 amide bonds. The average Bonchev–Trinajstić information content (AvgIpc) is 3.22. The smallest absolute Gasteiger partial charge is 0.318 e. The van der Waals surface area contributed by atoms with Gasteiger partial charge in [-0.15, -0.1) is 6.42 Å². The fourth-order valence-corrected chi connectivity index (χ4v) is 2.01. The molecule has 1 heterocycles. The van der Waals surface area contributed by atoms with Crippen molar-refractivity contribution in [1.29, 1.82) is 0 Å². The molecular weight excluding hydrogens is 226 g/mol. The first-order valence-corrected chi connectivity index (χ1v) is 6.13. The van der Waals surface area contributed by atoms with Crippen molar-refractivity contribution in [3.63, 3.8) is 0 Å². The van der Waals surface area contributed by atoms with E-state index in [1.165, 1.54) is 0 Å². The molecule has 18 heavy (non-hydrogen) atoms. The van der Waals surface area contributed by atoms with E-state index in [1.807, 2.05) is 24.0 Å². The molecule has 1 saturated carbocycles. The third kappa shape index (κ3) is 2.80. The highest BCUT2D eigenvalue weighted by Gasteiger charge is 2.36. The minimum Gasteiger partial charge on any atom is -0.327 e. The lowest BCUT2D eigenvalue weighted by atomic mass is 10.1. The number of hydrogen-bond donors (Lipinski definition) is 1. The van der Waals surface area contributed by atoms with Crippen LogP contribution in [0, 0.1) is 12.3 Å². The first kappa shape index (κ1) is 12.4. The van der Waals surface area contributed by atoms with Crippen LogP contribution in [0.5, 0.6) is 0 Å². The largest absolute Gasteiger partial charge is 0.327 e. The van der Waals surface area contributed by atoms with E-state index in [1.54, 1.807) is 12.4 Å². The second-order valence-electron chi connectivity index (χ2n) is 4.46.